The first-order valence-electron chi connectivity index (χ1n) is 3.25. The van der Waals surface area contributed by atoms with Crippen LogP contribution in [0.2, 0.25) is 0 Å². The van der Waals surface area contributed by atoms with Crippen LogP contribution in [0.1, 0.15) is 6.92 Å². The Morgan fingerprint density at radius 1 is 1.91 bits per heavy atom. The van der Waals surface area contributed by atoms with Gasteiger partial charge in [-0.2, -0.15) is 0 Å². The lowest BCUT2D eigenvalue weighted by molar-refractivity contribution is -0.119. The highest BCUT2D eigenvalue weighted by atomic mass is 16.7. The Balaban J connectivity index is 2.46. The summed E-state index contributed by atoms with van der Waals surface area (Å²) < 4.78 is 4.83. The van der Waals surface area contributed by atoms with E-state index < -0.39 is 0 Å². The van der Waals surface area contributed by atoms with Crippen LogP contribution < -0.4 is 5.32 Å². The second kappa shape index (κ2) is 3.23. The van der Waals surface area contributed by atoms with Crippen LogP contribution in [-0.4, -0.2) is 31.6 Å². The molecular formula is C6H10N2O3. The Kier molecular flexibility index (Phi) is 2.30. The number of hydrogen-bond donors (Lipinski definition) is 1. The number of carbonyl (C=O) groups excluding carboxylic acids is 1. The van der Waals surface area contributed by atoms with Crippen molar-refractivity contribution >= 4 is 11.8 Å². The van der Waals surface area contributed by atoms with Gasteiger partial charge in [0.1, 0.15) is 12.6 Å². The lowest BCUT2D eigenvalue weighted by atomic mass is 10.3. The average Bonchev–Trinajstić information content (AvgIpc) is 2.34. The summed E-state index contributed by atoms with van der Waals surface area (Å²) in [5, 5.41) is 6.19. The van der Waals surface area contributed by atoms with Crippen molar-refractivity contribution in [1.82, 2.24) is 5.32 Å². The van der Waals surface area contributed by atoms with Crippen LogP contribution in [0.15, 0.2) is 5.16 Å². The number of amides is 1. The van der Waals surface area contributed by atoms with Crippen molar-refractivity contribution in [2.75, 3.05) is 13.7 Å². The minimum atomic E-state index is -0.225. The highest BCUT2D eigenvalue weighted by molar-refractivity contribution is 5.87. The fourth-order valence-electron chi connectivity index (χ4n) is 0.839. The van der Waals surface area contributed by atoms with Gasteiger partial charge in [0.25, 0.3) is 5.90 Å². The minimum absolute atomic E-state index is 0.120. The summed E-state index contributed by atoms with van der Waals surface area (Å²) in [6.07, 6.45) is 0. The van der Waals surface area contributed by atoms with E-state index in [1.165, 1.54) is 14.0 Å². The topological polar surface area (TPSA) is 59.9 Å². The molecule has 0 saturated heterocycles. The van der Waals surface area contributed by atoms with Crippen LogP contribution >= 0.6 is 0 Å². The van der Waals surface area contributed by atoms with E-state index in [1.54, 1.807) is 0 Å². The van der Waals surface area contributed by atoms with Gasteiger partial charge in [0.05, 0.1) is 7.11 Å². The number of rotatable bonds is 1. The Labute approximate surface area is 64.3 Å². The molecule has 0 aromatic rings. The molecule has 0 fully saturated rings. The predicted molar refractivity (Wildman–Crippen MR) is 38.0 cm³/mol. The zero-order chi connectivity index (χ0) is 8.27. The Hall–Kier alpha value is -1.26. The summed E-state index contributed by atoms with van der Waals surface area (Å²) in [5.74, 6) is 0.297. The quantitative estimate of drug-likeness (QED) is 0.558. The normalized spacial score (nSPS) is 22.0. The van der Waals surface area contributed by atoms with Crippen molar-refractivity contribution in [2.24, 2.45) is 5.16 Å². The highest BCUT2D eigenvalue weighted by Gasteiger charge is 2.24. The number of ether oxygens (including phenoxy) is 1. The molecule has 1 aliphatic rings. The first-order chi connectivity index (χ1) is 5.24. The van der Waals surface area contributed by atoms with E-state index in [0.717, 1.165) is 0 Å². The number of methoxy groups -OCH3 is 1. The van der Waals surface area contributed by atoms with Crippen molar-refractivity contribution in [1.29, 1.82) is 0 Å². The molecule has 0 aromatic heterocycles. The van der Waals surface area contributed by atoms with Crippen LogP contribution in [-0.2, 0) is 14.4 Å². The van der Waals surface area contributed by atoms with Gasteiger partial charge in [0.2, 0.25) is 5.91 Å². The third kappa shape index (κ3) is 1.83. The minimum Gasteiger partial charge on any atom is -0.480 e. The highest BCUT2D eigenvalue weighted by Crippen LogP contribution is 2.01. The molecule has 0 aromatic carbocycles. The summed E-state index contributed by atoms with van der Waals surface area (Å²) in [7, 11) is 1.49. The van der Waals surface area contributed by atoms with Gasteiger partial charge < -0.3 is 14.9 Å². The van der Waals surface area contributed by atoms with Crippen LogP contribution in [0.5, 0.6) is 0 Å². The fourth-order valence-corrected chi connectivity index (χ4v) is 0.839. The lowest BCUT2D eigenvalue weighted by Gasteiger charge is -2.08. The molecule has 1 N–H and O–H groups in total. The van der Waals surface area contributed by atoms with Crippen molar-refractivity contribution in [3.8, 4) is 0 Å². The Morgan fingerprint density at radius 2 is 2.64 bits per heavy atom. The Bertz CT molecular complexity index is 190. The maximum absolute atomic E-state index is 10.6. The number of nitrogens with zero attached hydrogens (tertiary/aromatic N) is 1. The molecule has 62 valence electrons. The third-order valence-corrected chi connectivity index (χ3v) is 1.28. The van der Waals surface area contributed by atoms with Crippen LogP contribution in [0.3, 0.4) is 0 Å². The van der Waals surface area contributed by atoms with Crippen LogP contribution in [0.25, 0.3) is 0 Å². The molecule has 0 spiro atoms. The number of nitrogens with one attached hydrogen (secondary N) is 1. The van der Waals surface area contributed by atoms with Gasteiger partial charge in [0.15, 0.2) is 0 Å². The van der Waals surface area contributed by atoms with Crippen molar-refractivity contribution in [3.05, 3.63) is 0 Å². The molecule has 1 unspecified atom stereocenters. The van der Waals surface area contributed by atoms with Gasteiger partial charge in [-0.1, -0.05) is 0 Å². The van der Waals surface area contributed by atoms with Gasteiger partial charge in [-0.05, 0) is 5.16 Å². The first kappa shape index (κ1) is 7.84. The molecule has 0 saturated carbocycles. The third-order valence-electron chi connectivity index (χ3n) is 1.28. The molecular weight excluding hydrogens is 148 g/mol. The van der Waals surface area contributed by atoms with Gasteiger partial charge in [-0.25, -0.2) is 0 Å². The molecule has 1 atom stereocenters. The standard InChI is InChI=1S/C6H10N2O3/c1-4(9)7-5-3-11-8-6(5)10-2/h5H,3H2,1-2H3,(H,7,9). The van der Waals surface area contributed by atoms with E-state index in [0.29, 0.717) is 12.5 Å². The first-order valence-corrected chi connectivity index (χ1v) is 3.25. The maximum atomic E-state index is 10.6. The molecule has 0 bridgehead atoms. The Morgan fingerprint density at radius 3 is 3.18 bits per heavy atom. The van der Waals surface area contributed by atoms with E-state index in [2.05, 4.69) is 10.5 Å². The summed E-state index contributed by atoms with van der Waals surface area (Å²) in [5.41, 5.74) is 0. The lowest BCUT2D eigenvalue weighted by Crippen LogP contribution is -2.40. The number of hydrogen-bond acceptors (Lipinski definition) is 4. The largest absolute Gasteiger partial charge is 0.480 e. The second-order valence-electron chi connectivity index (χ2n) is 2.18. The summed E-state index contributed by atoms with van der Waals surface area (Å²) >= 11 is 0. The fraction of sp³-hybridized carbons (Fsp3) is 0.667. The molecule has 0 aliphatic carbocycles. The van der Waals surface area contributed by atoms with E-state index >= 15 is 0 Å². The zero-order valence-corrected chi connectivity index (χ0v) is 6.46. The molecule has 1 aliphatic heterocycles. The van der Waals surface area contributed by atoms with Crippen molar-refractivity contribution in [3.63, 3.8) is 0 Å². The van der Waals surface area contributed by atoms with Gasteiger partial charge in [-0.3, -0.25) is 4.79 Å². The molecule has 5 heteroatoms. The van der Waals surface area contributed by atoms with Crippen molar-refractivity contribution in [2.45, 2.75) is 13.0 Å². The summed E-state index contributed by atoms with van der Waals surface area (Å²) in [6.45, 7) is 1.79. The average molecular weight is 158 g/mol. The monoisotopic (exact) mass is 158 g/mol. The van der Waals surface area contributed by atoms with E-state index in [9.17, 15) is 4.79 Å². The second-order valence-corrected chi connectivity index (χ2v) is 2.18. The molecule has 1 heterocycles. The van der Waals surface area contributed by atoms with Gasteiger partial charge >= 0.3 is 0 Å². The number of oxime groups is 1. The van der Waals surface area contributed by atoms with Crippen LogP contribution in [0, 0.1) is 0 Å². The SMILES string of the molecule is COC1=NOCC1NC(C)=O. The van der Waals surface area contributed by atoms with Gasteiger partial charge in [-0.15, -0.1) is 0 Å². The molecule has 1 rings (SSSR count). The molecule has 0 radical (unpaired) electrons. The molecule has 11 heavy (non-hydrogen) atoms. The van der Waals surface area contributed by atoms with E-state index in [1.807, 2.05) is 0 Å². The predicted octanol–water partition coefficient (Wildman–Crippen LogP) is -0.519. The van der Waals surface area contributed by atoms with Gasteiger partial charge in [0, 0.05) is 6.92 Å². The maximum Gasteiger partial charge on any atom is 0.251 e. The number of carbonyl (C=O) groups is 1. The summed E-state index contributed by atoms with van der Waals surface area (Å²) in [6, 6.07) is -0.225. The molecule has 5 nitrogen and oxygen atoms in total. The zero-order valence-electron chi connectivity index (χ0n) is 6.46. The molecule has 1 amide bonds. The van der Waals surface area contributed by atoms with Crippen molar-refractivity contribution < 1.29 is 14.4 Å². The smallest absolute Gasteiger partial charge is 0.251 e. The van der Waals surface area contributed by atoms with E-state index in [4.69, 9.17) is 9.57 Å². The summed E-state index contributed by atoms with van der Waals surface area (Å²) in [4.78, 5) is 15.3. The van der Waals surface area contributed by atoms with E-state index in [-0.39, 0.29) is 11.9 Å². The van der Waals surface area contributed by atoms with Crippen LogP contribution in [0.4, 0.5) is 0 Å².